The minimum atomic E-state index is -0.383. The molecule has 0 aliphatic carbocycles. The molecule has 0 radical (unpaired) electrons. The first-order valence-corrected chi connectivity index (χ1v) is 7.09. The summed E-state index contributed by atoms with van der Waals surface area (Å²) < 4.78 is 25.2. The fourth-order valence-electron chi connectivity index (χ4n) is 2.33. The van der Waals surface area contributed by atoms with Crippen LogP contribution in [0.3, 0.4) is 0 Å². The zero-order valence-corrected chi connectivity index (χ0v) is 12.0. The number of hydrogen-bond acceptors (Lipinski definition) is 3. The molecule has 0 aromatic heterocycles. The van der Waals surface area contributed by atoms with E-state index in [9.17, 15) is 4.39 Å². The van der Waals surface area contributed by atoms with Crippen LogP contribution in [0.4, 0.5) is 4.39 Å². The van der Waals surface area contributed by atoms with Gasteiger partial charge in [-0.25, -0.2) is 4.39 Å². The highest BCUT2D eigenvalue weighted by Crippen LogP contribution is 2.31. The van der Waals surface area contributed by atoms with Crippen molar-refractivity contribution in [3.05, 3.63) is 58.9 Å². The van der Waals surface area contributed by atoms with E-state index in [4.69, 9.17) is 26.8 Å². The summed E-state index contributed by atoms with van der Waals surface area (Å²) in [6.45, 7) is 0.348. The smallest absolute Gasteiger partial charge is 0.161 e. The molecule has 2 unspecified atom stereocenters. The fraction of sp³-hybridized carbons (Fsp3) is 0.250. The maximum atomic E-state index is 13.7. The molecular formula is C16H15ClFNO2. The van der Waals surface area contributed by atoms with Gasteiger partial charge in [-0.15, -0.1) is 0 Å². The van der Waals surface area contributed by atoms with Gasteiger partial charge in [-0.1, -0.05) is 23.7 Å². The maximum Gasteiger partial charge on any atom is 0.161 e. The number of benzene rings is 2. The standard InChI is InChI=1S/C16H15ClFNO2/c17-11-5-6-12(18)10(7-11)8-13(19)16-9-20-14-3-1-2-4-15(14)21-16/h1-7,13,16H,8-9,19H2. The van der Waals surface area contributed by atoms with Gasteiger partial charge >= 0.3 is 0 Å². The van der Waals surface area contributed by atoms with Crippen molar-refractivity contribution in [3.8, 4) is 11.5 Å². The minimum absolute atomic E-state index is 0.313. The zero-order chi connectivity index (χ0) is 14.8. The summed E-state index contributed by atoms with van der Waals surface area (Å²) in [5, 5.41) is 0.491. The fourth-order valence-corrected chi connectivity index (χ4v) is 2.53. The number of para-hydroxylation sites is 2. The van der Waals surface area contributed by atoms with Crippen molar-refractivity contribution in [2.75, 3.05) is 6.61 Å². The molecule has 1 heterocycles. The highest BCUT2D eigenvalue weighted by molar-refractivity contribution is 6.30. The van der Waals surface area contributed by atoms with Crippen LogP contribution in [0.25, 0.3) is 0 Å². The Labute approximate surface area is 127 Å². The molecule has 21 heavy (non-hydrogen) atoms. The third-order valence-corrected chi connectivity index (χ3v) is 3.71. The maximum absolute atomic E-state index is 13.7. The van der Waals surface area contributed by atoms with Gasteiger partial charge in [0.05, 0.1) is 0 Å². The van der Waals surface area contributed by atoms with Gasteiger partial charge in [0.25, 0.3) is 0 Å². The van der Waals surface area contributed by atoms with Crippen molar-refractivity contribution in [1.29, 1.82) is 0 Å². The number of fused-ring (bicyclic) bond motifs is 1. The largest absolute Gasteiger partial charge is 0.486 e. The molecule has 2 N–H and O–H groups in total. The van der Waals surface area contributed by atoms with E-state index in [-0.39, 0.29) is 18.0 Å². The monoisotopic (exact) mass is 307 g/mol. The second-order valence-corrected chi connectivity index (χ2v) is 5.45. The van der Waals surface area contributed by atoms with E-state index < -0.39 is 0 Å². The quantitative estimate of drug-likeness (QED) is 0.947. The highest BCUT2D eigenvalue weighted by atomic mass is 35.5. The Morgan fingerprint density at radius 1 is 1.24 bits per heavy atom. The van der Waals surface area contributed by atoms with E-state index in [0.717, 1.165) is 0 Å². The summed E-state index contributed by atoms with van der Waals surface area (Å²) in [4.78, 5) is 0. The first-order chi connectivity index (χ1) is 10.1. The predicted octanol–water partition coefficient (Wildman–Crippen LogP) is 3.19. The molecule has 0 amide bonds. The van der Waals surface area contributed by atoms with Gasteiger partial charge in [0.15, 0.2) is 11.5 Å². The molecule has 3 nitrogen and oxygen atoms in total. The highest BCUT2D eigenvalue weighted by Gasteiger charge is 2.27. The van der Waals surface area contributed by atoms with Crippen LogP contribution in [0.2, 0.25) is 5.02 Å². The summed E-state index contributed by atoms with van der Waals surface area (Å²) in [6, 6.07) is 11.5. The van der Waals surface area contributed by atoms with E-state index in [2.05, 4.69) is 0 Å². The van der Waals surface area contributed by atoms with Gasteiger partial charge in [0.2, 0.25) is 0 Å². The van der Waals surface area contributed by atoms with E-state index >= 15 is 0 Å². The average molecular weight is 308 g/mol. The van der Waals surface area contributed by atoms with Gasteiger partial charge < -0.3 is 15.2 Å². The van der Waals surface area contributed by atoms with E-state index in [1.807, 2.05) is 24.3 Å². The van der Waals surface area contributed by atoms with Crippen molar-refractivity contribution in [2.24, 2.45) is 5.73 Å². The van der Waals surface area contributed by atoms with Crippen molar-refractivity contribution in [1.82, 2.24) is 0 Å². The lowest BCUT2D eigenvalue weighted by Crippen LogP contribution is -2.46. The average Bonchev–Trinajstić information content (AvgIpc) is 2.50. The molecule has 3 rings (SSSR count). The second-order valence-electron chi connectivity index (χ2n) is 5.02. The van der Waals surface area contributed by atoms with Crippen molar-refractivity contribution in [3.63, 3.8) is 0 Å². The normalized spacial score (nSPS) is 18.3. The molecule has 0 bridgehead atoms. The molecule has 2 aromatic carbocycles. The summed E-state index contributed by atoms with van der Waals surface area (Å²) in [5.74, 6) is 1.05. The van der Waals surface area contributed by atoms with Gasteiger partial charge in [-0.2, -0.15) is 0 Å². The van der Waals surface area contributed by atoms with Gasteiger partial charge in [-0.3, -0.25) is 0 Å². The number of hydrogen-bond donors (Lipinski definition) is 1. The Balaban J connectivity index is 1.72. The van der Waals surface area contributed by atoms with Crippen LogP contribution in [-0.4, -0.2) is 18.8 Å². The SMILES string of the molecule is NC(Cc1cc(Cl)ccc1F)C1COc2ccccc2O1. The molecule has 1 aliphatic heterocycles. The topological polar surface area (TPSA) is 44.5 Å². The van der Waals surface area contributed by atoms with E-state index in [1.54, 1.807) is 6.07 Å². The van der Waals surface area contributed by atoms with Crippen LogP contribution >= 0.6 is 11.6 Å². The summed E-state index contributed by atoms with van der Waals surface area (Å²) >= 11 is 5.89. The Kier molecular flexibility index (Phi) is 3.99. The van der Waals surface area contributed by atoms with Crippen LogP contribution in [0.15, 0.2) is 42.5 Å². The third kappa shape index (κ3) is 3.12. The third-order valence-electron chi connectivity index (χ3n) is 3.47. The number of rotatable bonds is 3. The van der Waals surface area contributed by atoms with Crippen molar-refractivity contribution in [2.45, 2.75) is 18.6 Å². The van der Waals surface area contributed by atoms with Crippen molar-refractivity contribution < 1.29 is 13.9 Å². The zero-order valence-electron chi connectivity index (χ0n) is 11.3. The molecule has 2 aromatic rings. The van der Waals surface area contributed by atoms with Crippen molar-refractivity contribution >= 4 is 11.6 Å². The number of nitrogens with two attached hydrogens (primary N) is 1. The minimum Gasteiger partial charge on any atom is -0.486 e. The first kappa shape index (κ1) is 14.2. The molecule has 0 saturated heterocycles. The molecular weight excluding hydrogens is 293 g/mol. The molecule has 0 spiro atoms. The number of ether oxygens (including phenoxy) is 2. The Morgan fingerprint density at radius 2 is 2.00 bits per heavy atom. The van der Waals surface area contributed by atoms with Gasteiger partial charge in [0.1, 0.15) is 18.5 Å². The van der Waals surface area contributed by atoms with Crippen LogP contribution in [0, 0.1) is 5.82 Å². The summed E-state index contributed by atoms with van der Waals surface area (Å²) in [7, 11) is 0. The molecule has 110 valence electrons. The first-order valence-electron chi connectivity index (χ1n) is 6.71. The predicted molar refractivity (Wildman–Crippen MR) is 79.4 cm³/mol. The molecule has 0 saturated carbocycles. The van der Waals surface area contributed by atoms with E-state index in [0.29, 0.717) is 35.1 Å². The van der Waals surface area contributed by atoms with Crippen LogP contribution in [-0.2, 0) is 6.42 Å². The van der Waals surface area contributed by atoms with Gasteiger partial charge in [0, 0.05) is 11.1 Å². The Hall–Kier alpha value is -1.78. The number of halogens is 2. The van der Waals surface area contributed by atoms with Crippen LogP contribution < -0.4 is 15.2 Å². The molecule has 2 atom stereocenters. The Morgan fingerprint density at radius 3 is 2.81 bits per heavy atom. The van der Waals surface area contributed by atoms with Gasteiger partial charge in [-0.05, 0) is 42.3 Å². The van der Waals surface area contributed by atoms with E-state index in [1.165, 1.54) is 12.1 Å². The molecule has 5 heteroatoms. The lowest BCUT2D eigenvalue weighted by molar-refractivity contribution is 0.0721. The lowest BCUT2D eigenvalue weighted by atomic mass is 10.0. The second kappa shape index (κ2) is 5.92. The molecule has 1 aliphatic rings. The molecule has 0 fully saturated rings. The lowest BCUT2D eigenvalue weighted by Gasteiger charge is -2.30. The summed E-state index contributed by atoms with van der Waals surface area (Å²) in [6.07, 6.45) is 0.0149. The summed E-state index contributed by atoms with van der Waals surface area (Å²) in [5.41, 5.74) is 6.63. The van der Waals surface area contributed by atoms with Crippen LogP contribution in [0.1, 0.15) is 5.56 Å². The Bertz CT molecular complexity index is 650. The van der Waals surface area contributed by atoms with Crippen LogP contribution in [0.5, 0.6) is 11.5 Å².